The lowest BCUT2D eigenvalue weighted by Gasteiger charge is -2.13. The van der Waals surface area contributed by atoms with Gasteiger partial charge in [0.25, 0.3) is 0 Å². The van der Waals surface area contributed by atoms with E-state index in [0.717, 1.165) is 12.8 Å². The molecule has 0 heterocycles. The van der Waals surface area contributed by atoms with Crippen LogP contribution in [0.2, 0.25) is 0 Å². The average molecular weight is 200 g/mol. The maximum Gasteiger partial charge on any atom is 0.222 e. The molecule has 0 spiro atoms. The lowest BCUT2D eigenvalue weighted by Crippen LogP contribution is -2.40. The van der Waals surface area contributed by atoms with Gasteiger partial charge in [-0.25, -0.2) is 0 Å². The van der Waals surface area contributed by atoms with Crippen LogP contribution in [0, 0.1) is 0 Å². The number of hydrogen-bond donors (Lipinski definition) is 3. The van der Waals surface area contributed by atoms with Crippen molar-refractivity contribution in [1.29, 1.82) is 0 Å². The van der Waals surface area contributed by atoms with Crippen molar-refractivity contribution in [2.24, 2.45) is 0 Å². The topological polar surface area (TPSA) is 78.4 Å². The molecule has 1 fully saturated rings. The van der Waals surface area contributed by atoms with Gasteiger partial charge in [-0.3, -0.25) is 9.59 Å². The monoisotopic (exact) mass is 200 g/mol. The molecule has 1 aliphatic rings. The van der Waals surface area contributed by atoms with Gasteiger partial charge in [0.15, 0.2) is 0 Å². The van der Waals surface area contributed by atoms with Crippen molar-refractivity contribution in [3.63, 3.8) is 0 Å². The summed E-state index contributed by atoms with van der Waals surface area (Å²) in [5.41, 5.74) is -0.354. The van der Waals surface area contributed by atoms with Crippen LogP contribution >= 0.6 is 0 Å². The maximum atomic E-state index is 11.3. The Morgan fingerprint density at radius 2 is 2.07 bits per heavy atom. The first kappa shape index (κ1) is 11.0. The van der Waals surface area contributed by atoms with Crippen LogP contribution in [0.3, 0.4) is 0 Å². The molecule has 0 saturated heterocycles. The fraction of sp³-hybridized carbons (Fsp3) is 0.778. The smallest absolute Gasteiger partial charge is 0.222 e. The molecule has 0 aliphatic heterocycles. The van der Waals surface area contributed by atoms with Crippen molar-refractivity contribution in [2.75, 3.05) is 13.2 Å². The fourth-order valence-electron chi connectivity index (χ4n) is 1.18. The van der Waals surface area contributed by atoms with E-state index in [1.54, 1.807) is 0 Å². The molecule has 0 radical (unpaired) electrons. The minimum absolute atomic E-state index is 0.00111. The number of carbonyl (C=O) groups is 2. The van der Waals surface area contributed by atoms with E-state index in [1.807, 2.05) is 0 Å². The first-order chi connectivity index (χ1) is 6.58. The first-order valence-corrected chi connectivity index (χ1v) is 4.74. The van der Waals surface area contributed by atoms with E-state index in [2.05, 4.69) is 10.6 Å². The molecule has 1 rings (SSSR count). The van der Waals surface area contributed by atoms with Crippen LogP contribution in [-0.4, -0.2) is 35.6 Å². The van der Waals surface area contributed by atoms with Crippen LogP contribution in [0.15, 0.2) is 0 Å². The van der Waals surface area contributed by atoms with Crippen LogP contribution < -0.4 is 10.6 Å². The summed E-state index contributed by atoms with van der Waals surface area (Å²) in [5, 5.41) is 14.2. The highest BCUT2D eigenvalue weighted by Gasteiger charge is 2.43. The maximum absolute atomic E-state index is 11.3. The summed E-state index contributed by atoms with van der Waals surface area (Å²) in [7, 11) is 0. The number of carbonyl (C=O) groups excluding carboxylic acids is 2. The van der Waals surface area contributed by atoms with Gasteiger partial charge in [-0.15, -0.1) is 0 Å². The SMILES string of the molecule is CC(=O)NCCC(=O)NC1(CO)CC1. The zero-order valence-electron chi connectivity index (χ0n) is 8.30. The standard InChI is InChI=1S/C9H16N2O3/c1-7(13)10-5-2-8(14)11-9(6-12)3-4-9/h12H,2-6H2,1H3,(H,10,13)(H,11,14). The number of nitrogens with one attached hydrogen (secondary N) is 2. The first-order valence-electron chi connectivity index (χ1n) is 4.74. The molecule has 3 N–H and O–H groups in total. The van der Waals surface area contributed by atoms with Gasteiger partial charge in [0.05, 0.1) is 12.1 Å². The Morgan fingerprint density at radius 3 is 2.50 bits per heavy atom. The fourth-order valence-corrected chi connectivity index (χ4v) is 1.18. The van der Waals surface area contributed by atoms with Gasteiger partial charge in [0.2, 0.25) is 11.8 Å². The van der Waals surface area contributed by atoms with Gasteiger partial charge < -0.3 is 15.7 Å². The molecule has 2 amide bonds. The Kier molecular flexibility index (Phi) is 3.46. The summed E-state index contributed by atoms with van der Waals surface area (Å²) >= 11 is 0. The number of aliphatic hydroxyl groups is 1. The highest BCUT2D eigenvalue weighted by atomic mass is 16.3. The molecular weight excluding hydrogens is 184 g/mol. The molecule has 1 saturated carbocycles. The lowest BCUT2D eigenvalue weighted by atomic mass is 10.2. The third-order valence-corrected chi connectivity index (χ3v) is 2.29. The second-order valence-electron chi connectivity index (χ2n) is 3.72. The number of aliphatic hydroxyl groups excluding tert-OH is 1. The van der Waals surface area contributed by atoms with Crippen molar-refractivity contribution < 1.29 is 14.7 Å². The van der Waals surface area contributed by atoms with Gasteiger partial charge >= 0.3 is 0 Å². The van der Waals surface area contributed by atoms with Crippen molar-refractivity contribution in [3.8, 4) is 0 Å². The third-order valence-electron chi connectivity index (χ3n) is 2.29. The summed E-state index contributed by atoms with van der Waals surface area (Å²) in [6.45, 7) is 1.76. The largest absolute Gasteiger partial charge is 0.394 e. The van der Waals surface area contributed by atoms with E-state index in [0.29, 0.717) is 6.54 Å². The number of amides is 2. The zero-order chi connectivity index (χ0) is 10.6. The third kappa shape index (κ3) is 3.33. The Hall–Kier alpha value is -1.10. The quantitative estimate of drug-likeness (QED) is 0.541. The van der Waals surface area contributed by atoms with Crippen LogP contribution in [0.1, 0.15) is 26.2 Å². The Labute approximate surface area is 82.9 Å². The minimum atomic E-state index is -0.354. The molecule has 0 bridgehead atoms. The molecule has 5 nitrogen and oxygen atoms in total. The summed E-state index contributed by atoms with van der Waals surface area (Å²) in [6.07, 6.45) is 1.95. The molecule has 0 aromatic rings. The molecular formula is C9H16N2O3. The molecule has 0 aromatic heterocycles. The van der Waals surface area contributed by atoms with Crippen LogP contribution in [0.5, 0.6) is 0 Å². The van der Waals surface area contributed by atoms with Crippen LogP contribution in [-0.2, 0) is 9.59 Å². The van der Waals surface area contributed by atoms with Crippen molar-refractivity contribution in [2.45, 2.75) is 31.7 Å². The van der Waals surface area contributed by atoms with Crippen molar-refractivity contribution >= 4 is 11.8 Å². The van der Waals surface area contributed by atoms with Crippen molar-refractivity contribution in [3.05, 3.63) is 0 Å². The molecule has 1 aliphatic carbocycles. The van der Waals surface area contributed by atoms with E-state index in [9.17, 15) is 9.59 Å². The minimum Gasteiger partial charge on any atom is -0.394 e. The van der Waals surface area contributed by atoms with Gasteiger partial charge in [0.1, 0.15) is 0 Å². The summed E-state index contributed by atoms with van der Waals surface area (Å²) in [5.74, 6) is -0.258. The van der Waals surface area contributed by atoms with Gasteiger partial charge in [0, 0.05) is 19.9 Å². The normalized spacial score (nSPS) is 17.3. The second kappa shape index (κ2) is 4.41. The summed E-state index contributed by atoms with van der Waals surface area (Å²) < 4.78 is 0. The molecule has 14 heavy (non-hydrogen) atoms. The average Bonchev–Trinajstić information content (AvgIpc) is 2.85. The van der Waals surface area contributed by atoms with Crippen LogP contribution in [0.4, 0.5) is 0 Å². The van der Waals surface area contributed by atoms with Crippen molar-refractivity contribution in [1.82, 2.24) is 10.6 Å². The lowest BCUT2D eigenvalue weighted by molar-refractivity contribution is -0.122. The van der Waals surface area contributed by atoms with E-state index in [4.69, 9.17) is 5.11 Å². The zero-order valence-corrected chi connectivity index (χ0v) is 8.30. The Morgan fingerprint density at radius 1 is 1.43 bits per heavy atom. The van der Waals surface area contributed by atoms with Gasteiger partial charge in [-0.2, -0.15) is 0 Å². The second-order valence-corrected chi connectivity index (χ2v) is 3.72. The van der Waals surface area contributed by atoms with E-state index in [1.165, 1.54) is 6.92 Å². The predicted octanol–water partition coefficient (Wildman–Crippen LogP) is -0.846. The molecule has 0 unspecified atom stereocenters. The van der Waals surface area contributed by atoms with E-state index < -0.39 is 0 Å². The van der Waals surface area contributed by atoms with Gasteiger partial charge in [-0.05, 0) is 12.8 Å². The van der Waals surface area contributed by atoms with Crippen LogP contribution in [0.25, 0.3) is 0 Å². The molecule has 5 heteroatoms. The summed E-state index contributed by atoms with van der Waals surface area (Å²) in [6, 6.07) is 0. The van der Waals surface area contributed by atoms with E-state index in [-0.39, 0.29) is 30.4 Å². The molecule has 0 aromatic carbocycles. The molecule has 0 atom stereocenters. The number of rotatable bonds is 5. The predicted molar refractivity (Wildman–Crippen MR) is 50.5 cm³/mol. The summed E-state index contributed by atoms with van der Waals surface area (Å²) in [4.78, 5) is 21.8. The highest BCUT2D eigenvalue weighted by Crippen LogP contribution is 2.34. The molecule has 80 valence electrons. The Balaban J connectivity index is 2.13. The Bertz CT molecular complexity index is 236. The highest BCUT2D eigenvalue weighted by molar-refractivity contribution is 5.78. The number of hydrogen-bond acceptors (Lipinski definition) is 3. The van der Waals surface area contributed by atoms with Gasteiger partial charge in [-0.1, -0.05) is 0 Å². The van der Waals surface area contributed by atoms with E-state index >= 15 is 0 Å².